The summed E-state index contributed by atoms with van der Waals surface area (Å²) in [5, 5.41) is 11.4. The van der Waals surface area contributed by atoms with E-state index in [1.165, 1.54) is 12.0 Å². The Bertz CT molecular complexity index is 1370. The molecule has 0 radical (unpaired) electrons. The van der Waals surface area contributed by atoms with Crippen LogP contribution in [-0.4, -0.2) is 41.9 Å². The molecule has 0 aliphatic carbocycles. The lowest BCUT2D eigenvalue weighted by Gasteiger charge is -2.27. The summed E-state index contributed by atoms with van der Waals surface area (Å²) in [5.74, 6) is -1.52. The molecule has 1 saturated heterocycles. The quantitative estimate of drug-likeness (QED) is 0.235. The number of hydrogen-bond acceptors (Lipinski definition) is 6. The van der Waals surface area contributed by atoms with Crippen molar-refractivity contribution in [2.24, 2.45) is 0 Å². The van der Waals surface area contributed by atoms with Gasteiger partial charge in [0.1, 0.15) is 11.5 Å². The van der Waals surface area contributed by atoms with E-state index in [0.717, 1.165) is 16.7 Å². The van der Waals surface area contributed by atoms with E-state index in [9.17, 15) is 19.5 Å². The first kappa shape index (κ1) is 24.7. The van der Waals surface area contributed by atoms with E-state index in [-0.39, 0.29) is 17.9 Å². The van der Waals surface area contributed by atoms with E-state index in [2.05, 4.69) is 0 Å². The number of Topliss-reactive ketones (excluding diaryl/α,β-unsaturated/α-hetero) is 1. The molecule has 0 spiro atoms. The summed E-state index contributed by atoms with van der Waals surface area (Å²) < 4.78 is 10.0. The summed E-state index contributed by atoms with van der Waals surface area (Å²) in [5.41, 5.74) is 3.93. The van der Waals surface area contributed by atoms with Gasteiger partial charge in [-0.15, -0.1) is 0 Å². The van der Waals surface area contributed by atoms with Crippen molar-refractivity contribution in [3.05, 3.63) is 106 Å². The molecule has 7 heteroatoms. The van der Waals surface area contributed by atoms with Crippen LogP contribution in [0.2, 0.25) is 0 Å². The number of rotatable bonds is 6. The monoisotopic (exact) mass is 485 g/mol. The highest BCUT2D eigenvalue weighted by Gasteiger charge is 2.46. The van der Waals surface area contributed by atoms with Gasteiger partial charge < -0.3 is 19.5 Å². The Morgan fingerprint density at radius 3 is 2.25 bits per heavy atom. The number of aliphatic hydroxyl groups excluding tert-OH is 1. The van der Waals surface area contributed by atoms with E-state index < -0.39 is 23.7 Å². The van der Waals surface area contributed by atoms with Crippen LogP contribution >= 0.6 is 0 Å². The SMILES string of the molecule is COC(=O)c1ccc(CN2C(=O)C(=O)/C(=C(/O)c3ccc(OC)cc3C)C2c2ccccc2C)cc1. The van der Waals surface area contributed by atoms with Gasteiger partial charge in [-0.25, -0.2) is 4.79 Å². The van der Waals surface area contributed by atoms with Gasteiger partial charge >= 0.3 is 5.97 Å². The van der Waals surface area contributed by atoms with Crippen molar-refractivity contribution < 1.29 is 29.0 Å². The second-order valence-electron chi connectivity index (χ2n) is 8.65. The summed E-state index contributed by atoms with van der Waals surface area (Å²) in [4.78, 5) is 39.9. The molecule has 36 heavy (non-hydrogen) atoms. The molecule has 1 heterocycles. The van der Waals surface area contributed by atoms with Crippen LogP contribution in [0.5, 0.6) is 5.75 Å². The van der Waals surface area contributed by atoms with E-state index in [4.69, 9.17) is 9.47 Å². The molecule has 1 unspecified atom stereocenters. The fraction of sp³-hybridized carbons (Fsp3) is 0.207. The van der Waals surface area contributed by atoms with Crippen molar-refractivity contribution in [1.82, 2.24) is 4.90 Å². The van der Waals surface area contributed by atoms with Crippen molar-refractivity contribution >= 4 is 23.4 Å². The Labute approximate surface area is 209 Å². The lowest BCUT2D eigenvalue weighted by Crippen LogP contribution is -2.29. The summed E-state index contributed by atoms with van der Waals surface area (Å²) in [6, 6.07) is 18.5. The number of hydrogen-bond donors (Lipinski definition) is 1. The summed E-state index contributed by atoms with van der Waals surface area (Å²) >= 11 is 0. The van der Waals surface area contributed by atoms with Gasteiger partial charge in [0.25, 0.3) is 11.7 Å². The molecule has 1 amide bonds. The Hall–Kier alpha value is -4.39. The average molecular weight is 486 g/mol. The van der Waals surface area contributed by atoms with Crippen LogP contribution in [-0.2, 0) is 20.9 Å². The highest BCUT2D eigenvalue weighted by Crippen LogP contribution is 2.42. The first-order chi connectivity index (χ1) is 17.3. The predicted molar refractivity (Wildman–Crippen MR) is 135 cm³/mol. The van der Waals surface area contributed by atoms with Crippen LogP contribution in [0.1, 0.15) is 44.2 Å². The third-order valence-electron chi connectivity index (χ3n) is 6.44. The van der Waals surface area contributed by atoms with Crippen molar-refractivity contribution in [2.75, 3.05) is 14.2 Å². The van der Waals surface area contributed by atoms with Gasteiger partial charge in [-0.3, -0.25) is 9.59 Å². The molecular formula is C29H27NO6. The number of carbonyl (C=O) groups excluding carboxylic acids is 3. The second-order valence-corrected chi connectivity index (χ2v) is 8.65. The number of likely N-dealkylation sites (tertiary alicyclic amines) is 1. The van der Waals surface area contributed by atoms with Gasteiger partial charge in [0.15, 0.2) is 0 Å². The maximum atomic E-state index is 13.3. The van der Waals surface area contributed by atoms with E-state index in [0.29, 0.717) is 22.4 Å². The Morgan fingerprint density at radius 1 is 0.944 bits per heavy atom. The number of methoxy groups -OCH3 is 2. The number of aryl methyl sites for hydroxylation is 2. The topological polar surface area (TPSA) is 93.1 Å². The smallest absolute Gasteiger partial charge is 0.337 e. The van der Waals surface area contributed by atoms with Gasteiger partial charge in [0.05, 0.1) is 31.4 Å². The zero-order valence-electron chi connectivity index (χ0n) is 20.6. The highest BCUT2D eigenvalue weighted by molar-refractivity contribution is 6.46. The molecule has 7 nitrogen and oxygen atoms in total. The maximum absolute atomic E-state index is 13.3. The van der Waals surface area contributed by atoms with Crippen LogP contribution in [0.25, 0.3) is 5.76 Å². The summed E-state index contributed by atoms with van der Waals surface area (Å²) in [6.45, 7) is 3.82. The number of ether oxygens (including phenoxy) is 2. The van der Waals surface area contributed by atoms with Gasteiger partial charge in [-0.1, -0.05) is 36.4 Å². The van der Waals surface area contributed by atoms with Gasteiger partial charge in [-0.05, 0) is 66.4 Å². The van der Waals surface area contributed by atoms with Gasteiger partial charge in [0.2, 0.25) is 0 Å². The highest BCUT2D eigenvalue weighted by atomic mass is 16.5. The summed E-state index contributed by atoms with van der Waals surface area (Å²) in [6.07, 6.45) is 0. The fourth-order valence-corrected chi connectivity index (χ4v) is 4.49. The van der Waals surface area contributed by atoms with Crippen LogP contribution in [0.15, 0.2) is 72.3 Å². The Balaban J connectivity index is 1.83. The number of benzene rings is 3. The second kappa shape index (κ2) is 10.1. The summed E-state index contributed by atoms with van der Waals surface area (Å²) in [7, 11) is 2.86. The maximum Gasteiger partial charge on any atom is 0.337 e. The lowest BCUT2D eigenvalue weighted by atomic mass is 9.91. The molecule has 0 bridgehead atoms. The van der Waals surface area contributed by atoms with Crippen molar-refractivity contribution in [2.45, 2.75) is 26.4 Å². The predicted octanol–water partition coefficient (Wildman–Crippen LogP) is 4.72. The van der Waals surface area contributed by atoms with Gasteiger partial charge in [0, 0.05) is 12.1 Å². The molecule has 1 aliphatic rings. The average Bonchev–Trinajstić information content (AvgIpc) is 3.13. The Kier molecular flexibility index (Phi) is 6.92. The number of esters is 1. The van der Waals surface area contributed by atoms with Gasteiger partial charge in [-0.2, -0.15) is 0 Å². The lowest BCUT2D eigenvalue weighted by molar-refractivity contribution is -0.140. The van der Waals surface area contributed by atoms with Crippen molar-refractivity contribution in [3.63, 3.8) is 0 Å². The van der Waals surface area contributed by atoms with Crippen LogP contribution in [0, 0.1) is 13.8 Å². The van der Waals surface area contributed by atoms with E-state index >= 15 is 0 Å². The number of ketones is 1. The third-order valence-corrected chi connectivity index (χ3v) is 6.44. The zero-order valence-corrected chi connectivity index (χ0v) is 20.6. The molecule has 184 valence electrons. The fourth-order valence-electron chi connectivity index (χ4n) is 4.49. The van der Waals surface area contributed by atoms with Crippen LogP contribution in [0.4, 0.5) is 0 Å². The molecule has 0 aromatic heterocycles. The normalized spacial score (nSPS) is 16.8. The molecule has 1 fully saturated rings. The largest absolute Gasteiger partial charge is 0.507 e. The molecule has 1 N–H and O–H groups in total. The number of amides is 1. The minimum atomic E-state index is -0.784. The molecule has 3 aromatic rings. The molecule has 3 aromatic carbocycles. The third kappa shape index (κ3) is 4.47. The molecular weight excluding hydrogens is 458 g/mol. The first-order valence-corrected chi connectivity index (χ1v) is 11.4. The standard InChI is InChI=1S/C29H27NO6/c1-17-7-5-6-8-22(17)25-24(26(31)23-14-13-21(35-3)15-18(23)2)27(32)28(33)30(25)16-19-9-11-20(12-10-19)29(34)36-4/h5-15,25,31H,16H2,1-4H3/b26-24+. The molecule has 1 aliphatic heterocycles. The minimum absolute atomic E-state index is 0.0359. The molecule has 4 rings (SSSR count). The van der Waals surface area contributed by atoms with Crippen molar-refractivity contribution in [1.29, 1.82) is 0 Å². The Morgan fingerprint density at radius 2 is 1.64 bits per heavy atom. The zero-order chi connectivity index (χ0) is 26.0. The van der Waals surface area contributed by atoms with Crippen LogP contribution in [0.3, 0.4) is 0 Å². The van der Waals surface area contributed by atoms with E-state index in [1.807, 2.05) is 31.2 Å². The number of carbonyl (C=O) groups is 3. The number of nitrogens with zero attached hydrogens (tertiary/aromatic N) is 1. The van der Waals surface area contributed by atoms with Crippen LogP contribution < -0.4 is 4.74 Å². The van der Waals surface area contributed by atoms with E-state index in [1.54, 1.807) is 56.5 Å². The first-order valence-electron chi connectivity index (χ1n) is 11.4. The number of aliphatic hydroxyl groups is 1. The molecule has 0 saturated carbocycles. The minimum Gasteiger partial charge on any atom is -0.507 e. The van der Waals surface area contributed by atoms with Crippen molar-refractivity contribution in [3.8, 4) is 5.75 Å². The molecule has 1 atom stereocenters.